The smallest absolute Gasteiger partial charge is 0.313 e. The summed E-state index contributed by atoms with van der Waals surface area (Å²) in [5, 5.41) is 19.3. The van der Waals surface area contributed by atoms with Gasteiger partial charge in [0.15, 0.2) is 0 Å². The second-order valence-corrected chi connectivity index (χ2v) is 5.04. The van der Waals surface area contributed by atoms with Crippen LogP contribution < -0.4 is 0 Å². The highest BCUT2D eigenvalue weighted by Gasteiger charge is 2.36. The van der Waals surface area contributed by atoms with Crippen LogP contribution in [0.5, 0.6) is 0 Å². The summed E-state index contributed by atoms with van der Waals surface area (Å²) in [7, 11) is 0. The van der Waals surface area contributed by atoms with Gasteiger partial charge >= 0.3 is 5.97 Å². The molecular formula is C13H18O3. The maximum Gasteiger partial charge on any atom is 0.313 e. The maximum atomic E-state index is 11.2. The molecule has 88 valence electrons. The molecule has 0 fully saturated rings. The van der Waals surface area contributed by atoms with Crippen molar-refractivity contribution in [3.8, 4) is 0 Å². The van der Waals surface area contributed by atoms with E-state index in [1.165, 1.54) is 0 Å². The van der Waals surface area contributed by atoms with Crippen molar-refractivity contribution in [3.05, 3.63) is 35.9 Å². The van der Waals surface area contributed by atoms with Gasteiger partial charge in [-0.25, -0.2) is 0 Å². The molecule has 0 saturated carbocycles. The molecule has 16 heavy (non-hydrogen) atoms. The summed E-state index contributed by atoms with van der Waals surface area (Å²) < 4.78 is 0. The largest absolute Gasteiger partial charge is 0.481 e. The van der Waals surface area contributed by atoms with E-state index in [4.69, 9.17) is 0 Å². The molecule has 2 unspecified atom stereocenters. The van der Waals surface area contributed by atoms with Crippen molar-refractivity contribution >= 4 is 5.97 Å². The monoisotopic (exact) mass is 222 g/mol. The van der Waals surface area contributed by atoms with Crippen molar-refractivity contribution in [2.45, 2.75) is 32.8 Å². The summed E-state index contributed by atoms with van der Waals surface area (Å²) in [5.41, 5.74) is 0.177. The zero-order valence-corrected chi connectivity index (χ0v) is 9.84. The van der Waals surface area contributed by atoms with Crippen molar-refractivity contribution in [2.24, 2.45) is 5.41 Å². The highest BCUT2D eigenvalue weighted by Crippen LogP contribution is 2.31. The van der Waals surface area contributed by atoms with Crippen LogP contribution in [0.15, 0.2) is 30.3 Å². The number of rotatable bonds is 3. The van der Waals surface area contributed by atoms with Gasteiger partial charge in [0.1, 0.15) is 5.92 Å². The number of benzene rings is 1. The number of aliphatic hydroxyl groups is 1. The van der Waals surface area contributed by atoms with E-state index < -0.39 is 23.4 Å². The standard InChI is InChI=1S/C13H18O3/c1-13(2,3)11(14)10(12(15)16)9-7-5-4-6-8-9/h4-8,10-11,14H,1-3H3,(H,15,16). The molecule has 0 heterocycles. The van der Waals surface area contributed by atoms with Gasteiger partial charge < -0.3 is 10.2 Å². The number of carboxylic acids is 1. The average Bonchev–Trinajstić information content (AvgIpc) is 2.17. The van der Waals surface area contributed by atoms with Crippen LogP contribution in [0.4, 0.5) is 0 Å². The predicted octanol–water partition coefficient (Wildman–Crippen LogP) is 2.26. The first kappa shape index (κ1) is 12.7. The number of carboxylic acid groups (broad SMARTS) is 1. The van der Waals surface area contributed by atoms with Crippen molar-refractivity contribution in [2.75, 3.05) is 0 Å². The van der Waals surface area contributed by atoms with Crippen LogP contribution in [0.2, 0.25) is 0 Å². The first-order chi connectivity index (χ1) is 7.34. The van der Waals surface area contributed by atoms with Crippen LogP contribution in [-0.2, 0) is 4.79 Å². The molecule has 0 radical (unpaired) electrons. The fraction of sp³-hybridized carbons (Fsp3) is 0.462. The van der Waals surface area contributed by atoms with Crippen molar-refractivity contribution in [3.63, 3.8) is 0 Å². The molecule has 1 aromatic carbocycles. The van der Waals surface area contributed by atoms with Gasteiger partial charge in [0.2, 0.25) is 0 Å². The number of aliphatic carboxylic acids is 1. The molecule has 1 aromatic rings. The number of hydrogen-bond acceptors (Lipinski definition) is 2. The van der Waals surface area contributed by atoms with E-state index >= 15 is 0 Å². The van der Waals surface area contributed by atoms with Crippen molar-refractivity contribution in [1.82, 2.24) is 0 Å². The summed E-state index contributed by atoms with van der Waals surface area (Å²) in [6.45, 7) is 5.49. The number of aliphatic hydroxyl groups excluding tert-OH is 1. The molecule has 0 bridgehead atoms. The summed E-state index contributed by atoms with van der Waals surface area (Å²) in [6.07, 6.45) is -0.910. The topological polar surface area (TPSA) is 57.5 Å². The predicted molar refractivity (Wildman–Crippen MR) is 62.3 cm³/mol. The Balaban J connectivity index is 3.07. The molecule has 2 N–H and O–H groups in total. The van der Waals surface area contributed by atoms with E-state index in [-0.39, 0.29) is 0 Å². The van der Waals surface area contributed by atoms with Gasteiger partial charge in [-0.05, 0) is 11.0 Å². The molecular weight excluding hydrogens is 204 g/mol. The molecule has 0 spiro atoms. The maximum absolute atomic E-state index is 11.2. The van der Waals surface area contributed by atoms with Gasteiger partial charge in [0, 0.05) is 0 Å². The Morgan fingerprint density at radius 3 is 2.06 bits per heavy atom. The Bertz CT molecular complexity index is 351. The fourth-order valence-corrected chi connectivity index (χ4v) is 1.62. The quantitative estimate of drug-likeness (QED) is 0.824. The number of hydrogen-bond donors (Lipinski definition) is 2. The van der Waals surface area contributed by atoms with E-state index in [1.54, 1.807) is 24.3 Å². The lowest BCUT2D eigenvalue weighted by molar-refractivity contribution is -0.143. The minimum Gasteiger partial charge on any atom is -0.481 e. The van der Waals surface area contributed by atoms with Crippen molar-refractivity contribution < 1.29 is 15.0 Å². The average molecular weight is 222 g/mol. The SMILES string of the molecule is CC(C)(C)C(O)C(C(=O)O)c1ccccc1. The molecule has 3 heteroatoms. The summed E-state index contributed by atoms with van der Waals surface area (Å²) in [5.74, 6) is -1.87. The third kappa shape index (κ3) is 2.83. The molecule has 0 aliphatic carbocycles. The van der Waals surface area contributed by atoms with Crippen LogP contribution in [0.25, 0.3) is 0 Å². The number of carbonyl (C=O) groups is 1. The lowest BCUT2D eigenvalue weighted by Gasteiger charge is -2.30. The molecule has 0 saturated heterocycles. The lowest BCUT2D eigenvalue weighted by Crippen LogP contribution is -2.36. The zero-order chi connectivity index (χ0) is 12.3. The van der Waals surface area contributed by atoms with E-state index in [2.05, 4.69) is 0 Å². The molecule has 0 aromatic heterocycles. The lowest BCUT2D eigenvalue weighted by atomic mass is 9.78. The second kappa shape index (κ2) is 4.66. The Hall–Kier alpha value is -1.35. The van der Waals surface area contributed by atoms with Gasteiger partial charge in [-0.2, -0.15) is 0 Å². The summed E-state index contributed by atoms with van der Waals surface area (Å²) in [4.78, 5) is 11.2. The van der Waals surface area contributed by atoms with Crippen LogP contribution in [0.3, 0.4) is 0 Å². The van der Waals surface area contributed by atoms with Crippen LogP contribution >= 0.6 is 0 Å². The summed E-state index contributed by atoms with van der Waals surface area (Å²) in [6, 6.07) is 8.84. The fourth-order valence-electron chi connectivity index (χ4n) is 1.62. The minimum atomic E-state index is -0.992. The van der Waals surface area contributed by atoms with E-state index in [0.717, 1.165) is 0 Å². The molecule has 0 aliphatic heterocycles. The highest BCUT2D eigenvalue weighted by atomic mass is 16.4. The first-order valence-electron chi connectivity index (χ1n) is 5.30. The van der Waals surface area contributed by atoms with Gasteiger partial charge in [0.05, 0.1) is 6.10 Å². The second-order valence-electron chi connectivity index (χ2n) is 5.04. The molecule has 1 rings (SSSR count). The Morgan fingerprint density at radius 2 is 1.69 bits per heavy atom. The van der Waals surface area contributed by atoms with Gasteiger partial charge in [-0.15, -0.1) is 0 Å². The Kier molecular flexibility index (Phi) is 3.70. The van der Waals surface area contributed by atoms with Crippen LogP contribution in [0.1, 0.15) is 32.3 Å². The summed E-state index contributed by atoms with van der Waals surface area (Å²) >= 11 is 0. The molecule has 0 aliphatic rings. The van der Waals surface area contributed by atoms with Crippen LogP contribution in [0, 0.1) is 5.41 Å². The third-order valence-corrected chi connectivity index (χ3v) is 2.63. The minimum absolute atomic E-state index is 0.459. The molecule has 0 amide bonds. The zero-order valence-electron chi connectivity index (χ0n) is 9.84. The molecule has 2 atom stereocenters. The third-order valence-electron chi connectivity index (χ3n) is 2.63. The van der Waals surface area contributed by atoms with Gasteiger partial charge in [0.25, 0.3) is 0 Å². The Labute approximate surface area is 95.7 Å². The van der Waals surface area contributed by atoms with E-state index in [9.17, 15) is 15.0 Å². The van der Waals surface area contributed by atoms with Crippen LogP contribution in [-0.4, -0.2) is 22.3 Å². The Morgan fingerprint density at radius 1 is 1.19 bits per heavy atom. The van der Waals surface area contributed by atoms with E-state index in [1.807, 2.05) is 26.8 Å². The van der Waals surface area contributed by atoms with Crippen molar-refractivity contribution in [1.29, 1.82) is 0 Å². The normalized spacial score (nSPS) is 15.5. The highest BCUT2D eigenvalue weighted by molar-refractivity contribution is 5.77. The van der Waals surface area contributed by atoms with Gasteiger partial charge in [-0.1, -0.05) is 51.1 Å². The molecule has 3 nitrogen and oxygen atoms in total. The first-order valence-corrected chi connectivity index (χ1v) is 5.30. The van der Waals surface area contributed by atoms with E-state index in [0.29, 0.717) is 5.56 Å². The van der Waals surface area contributed by atoms with Gasteiger partial charge in [-0.3, -0.25) is 4.79 Å².